The number of hydrogen-bond donors (Lipinski definition) is 0. The molecule has 0 aliphatic rings. The first-order chi connectivity index (χ1) is 10.1. The average Bonchev–Trinajstić information content (AvgIpc) is 2.50. The minimum absolute atomic E-state index is 0.121. The highest BCUT2D eigenvalue weighted by Crippen LogP contribution is 2.31. The summed E-state index contributed by atoms with van der Waals surface area (Å²) in [6.45, 7) is 0. The van der Waals surface area contributed by atoms with E-state index in [1.807, 2.05) is 0 Å². The van der Waals surface area contributed by atoms with Gasteiger partial charge < -0.3 is 9.47 Å². The normalized spacial score (nSPS) is 10.3. The summed E-state index contributed by atoms with van der Waals surface area (Å²) in [5, 5.41) is 0.815. The Kier molecular flexibility index (Phi) is 5.10. The zero-order valence-electron chi connectivity index (χ0n) is 11.7. The van der Waals surface area contributed by atoms with Gasteiger partial charge in [-0.1, -0.05) is 41.4 Å². The first-order valence-electron chi connectivity index (χ1n) is 6.25. The van der Waals surface area contributed by atoms with E-state index in [9.17, 15) is 4.79 Å². The minimum atomic E-state index is -0.145. The van der Waals surface area contributed by atoms with Gasteiger partial charge in [-0.2, -0.15) is 0 Å². The van der Waals surface area contributed by atoms with Crippen LogP contribution in [0.25, 0.3) is 0 Å². The van der Waals surface area contributed by atoms with Gasteiger partial charge in [0.05, 0.1) is 24.3 Å². The highest BCUT2D eigenvalue weighted by atomic mass is 35.5. The third kappa shape index (κ3) is 3.31. The highest BCUT2D eigenvalue weighted by molar-refractivity contribution is 6.42. The van der Waals surface area contributed by atoms with Crippen LogP contribution in [0, 0.1) is 0 Å². The number of methoxy groups -OCH3 is 2. The van der Waals surface area contributed by atoms with Crippen molar-refractivity contribution < 1.29 is 14.3 Å². The van der Waals surface area contributed by atoms with Crippen LogP contribution in [0.3, 0.4) is 0 Å². The summed E-state index contributed by atoms with van der Waals surface area (Å²) in [5.74, 6) is 0.795. The lowest BCUT2D eigenvalue weighted by atomic mass is 10.0. The molecule has 0 saturated carbocycles. The van der Waals surface area contributed by atoms with Crippen molar-refractivity contribution in [3.8, 4) is 11.5 Å². The van der Waals surface area contributed by atoms with Crippen molar-refractivity contribution in [1.82, 2.24) is 0 Å². The molecule has 0 atom stereocenters. The molecule has 21 heavy (non-hydrogen) atoms. The van der Waals surface area contributed by atoms with E-state index in [0.29, 0.717) is 32.7 Å². The number of benzene rings is 2. The van der Waals surface area contributed by atoms with Crippen LogP contribution in [0.15, 0.2) is 36.4 Å². The van der Waals surface area contributed by atoms with E-state index in [1.54, 1.807) is 36.4 Å². The largest absolute Gasteiger partial charge is 0.496 e. The van der Waals surface area contributed by atoms with Gasteiger partial charge in [-0.15, -0.1) is 0 Å². The zero-order chi connectivity index (χ0) is 15.4. The molecule has 0 aromatic heterocycles. The number of rotatable bonds is 5. The second-order valence-electron chi connectivity index (χ2n) is 4.35. The van der Waals surface area contributed by atoms with Crippen LogP contribution in [0.2, 0.25) is 10.0 Å². The predicted molar refractivity (Wildman–Crippen MR) is 84.0 cm³/mol. The molecule has 0 amide bonds. The molecule has 3 nitrogen and oxygen atoms in total. The fourth-order valence-corrected chi connectivity index (χ4v) is 2.46. The molecule has 0 spiro atoms. The van der Waals surface area contributed by atoms with Crippen LogP contribution < -0.4 is 9.47 Å². The van der Waals surface area contributed by atoms with E-state index in [-0.39, 0.29) is 12.2 Å². The molecule has 0 aliphatic carbocycles. The first-order valence-corrected chi connectivity index (χ1v) is 7.01. The van der Waals surface area contributed by atoms with Crippen molar-refractivity contribution in [2.24, 2.45) is 0 Å². The van der Waals surface area contributed by atoms with Gasteiger partial charge in [-0.3, -0.25) is 4.79 Å². The van der Waals surface area contributed by atoms with Crippen LogP contribution in [-0.2, 0) is 6.42 Å². The van der Waals surface area contributed by atoms with Crippen LogP contribution in [0.4, 0.5) is 0 Å². The van der Waals surface area contributed by atoms with Crippen LogP contribution in [-0.4, -0.2) is 20.0 Å². The van der Waals surface area contributed by atoms with Gasteiger partial charge in [0.1, 0.15) is 17.1 Å². The summed E-state index contributed by atoms with van der Waals surface area (Å²) in [5.41, 5.74) is 1.07. The summed E-state index contributed by atoms with van der Waals surface area (Å²) in [7, 11) is 3.02. The lowest BCUT2D eigenvalue weighted by Crippen LogP contribution is -2.08. The average molecular weight is 325 g/mol. The SMILES string of the molecule is COc1cccc(OC)c1C(=O)Cc1cccc(Cl)c1Cl. The van der Waals surface area contributed by atoms with Crippen molar-refractivity contribution in [1.29, 1.82) is 0 Å². The van der Waals surface area contributed by atoms with Crippen molar-refractivity contribution in [2.45, 2.75) is 6.42 Å². The fraction of sp³-hybridized carbons (Fsp3) is 0.188. The van der Waals surface area contributed by atoms with Crippen molar-refractivity contribution in [3.63, 3.8) is 0 Å². The van der Waals surface area contributed by atoms with Crippen LogP contribution in [0.1, 0.15) is 15.9 Å². The number of halogens is 2. The van der Waals surface area contributed by atoms with Crippen molar-refractivity contribution in [3.05, 3.63) is 57.6 Å². The molecule has 0 N–H and O–H groups in total. The Hall–Kier alpha value is -1.71. The van der Waals surface area contributed by atoms with E-state index in [2.05, 4.69) is 0 Å². The summed E-state index contributed by atoms with van der Waals surface area (Å²) >= 11 is 12.1. The third-order valence-corrected chi connectivity index (χ3v) is 3.95. The maximum atomic E-state index is 12.6. The lowest BCUT2D eigenvalue weighted by Gasteiger charge is -2.12. The number of hydrogen-bond acceptors (Lipinski definition) is 3. The fourth-order valence-electron chi connectivity index (χ4n) is 2.07. The molecule has 0 heterocycles. The lowest BCUT2D eigenvalue weighted by molar-refractivity contribution is 0.0987. The molecule has 110 valence electrons. The van der Waals surface area contributed by atoms with Crippen LogP contribution >= 0.6 is 23.2 Å². The number of carbonyl (C=O) groups excluding carboxylic acids is 1. The molecule has 0 radical (unpaired) electrons. The molecule has 2 aromatic carbocycles. The van der Waals surface area contributed by atoms with Crippen molar-refractivity contribution >= 4 is 29.0 Å². The zero-order valence-corrected chi connectivity index (χ0v) is 13.2. The van der Waals surface area contributed by atoms with E-state index in [0.717, 1.165) is 0 Å². The maximum Gasteiger partial charge on any atom is 0.174 e. The van der Waals surface area contributed by atoms with E-state index in [1.165, 1.54) is 14.2 Å². The topological polar surface area (TPSA) is 35.5 Å². The number of ether oxygens (including phenoxy) is 2. The standard InChI is InChI=1S/C16H14Cl2O3/c1-20-13-7-4-8-14(21-2)15(13)12(19)9-10-5-3-6-11(17)16(10)18/h3-8H,9H2,1-2H3. The molecule has 0 saturated heterocycles. The summed E-state index contributed by atoms with van der Waals surface area (Å²) in [6, 6.07) is 10.4. The number of carbonyl (C=O) groups is 1. The Bertz CT molecular complexity index is 646. The van der Waals surface area contributed by atoms with Gasteiger partial charge in [0.2, 0.25) is 0 Å². The molecule has 2 aromatic rings. The Balaban J connectivity index is 2.39. The van der Waals surface area contributed by atoms with Gasteiger partial charge >= 0.3 is 0 Å². The predicted octanol–water partition coefficient (Wildman–Crippen LogP) is 4.44. The Morgan fingerprint density at radius 2 is 1.57 bits per heavy atom. The second kappa shape index (κ2) is 6.83. The number of ketones is 1. The molecular weight excluding hydrogens is 311 g/mol. The van der Waals surface area contributed by atoms with E-state index in [4.69, 9.17) is 32.7 Å². The third-order valence-electron chi connectivity index (χ3n) is 3.09. The Morgan fingerprint density at radius 3 is 2.14 bits per heavy atom. The van der Waals surface area contributed by atoms with E-state index >= 15 is 0 Å². The molecular formula is C16H14Cl2O3. The number of Topliss-reactive ketones (excluding diaryl/α,β-unsaturated/α-hetero) is 1. The molecule has 0 aliphatic heterocycles. The van der Waals surface area contributed by atoms with Gasteiger partial charge in [-0.05, 0) is 23.8 Å². The minimum Gasteiger partial charge on any atom is -0.496 e. The Labute approximate surface area is 133 Å². The second-order valence-corrected chi connectivity index (χ2v) is 5.14. The van der Waals surface area contributed by atoms with Crippen LogP contribution in [0.5, 0.6) is 11.5 Å². The maximum absolute atomic E-state index is 12.6. The van der Waals surface area contributed by atoms with Gasteiger partial charge in [0.15, 0.2) is 5.78 Å². The quantitative estimate of drug-likeness (QED) is 0.763. The molecule has 0 fully saturated rings. The monoisotopic (exact) mass is 324 g/mol. The highest BCUT2D eigenvalue weighted by Gasteiger charge is 2.19. The smallest absolute Gasteiger partial charge is 0.174 e. The Morgan fingerprint density at radius 1 is 1.00 bits per heavy atom. The van der Waals surface area contributed by atoms with Gasteiger partial charge in [0.25, 0.3) is 0 Å². The van der Waals surface area contributed by atoms with Crippen molar-refractivity contribution in [2.75, 3.05) is 14.2 Å². The summed E-state index contributed by atoms with van der Waals surface area (Å²) < 4.78 is 10.5. The first kappa shape index (κ1) is 15.7. The molecule has 5 heteroatoms. The van der Waals surface area contributed by atoms with Gasteiger partial charge in [-0.25, -0.2) is 0 Å². The summed E-state index contributed by atoms with van der Waals surface area (Å²) in [6.07, 6.45) is 0.121. The molecule has 2 rings (SSSR count). The molecule has 0 unspecified atom stereocenters. The molecule has 0 bridgehead atoms. The van der Waals surface area contributed by atoms with Gasteiger partial charge in [0, 0.05) is 6.42 Å². The van der Waals surface area contributed by atoms with E-state index < -0.39 is 0 Å². The summed E-state index contributed by atoms with van der Waals surface area (Å²) in [4.78, 5) is 12.6.